The molecule has 2 aromatic carbocycles. The molecule has 112 valence electrons. The minimum Gasteiger partial charge on any atom is -0.313 e. The van der Waals surface area contributed by atoms with Gasteiger partial charge in [0.1, 0.15) is 0 Å². The van der Waals surface area contributed by atoms with E-state index in [0.717, 1.165) is 17.7 Å². The quantitative estimate of drug-likeness (QED) is 0.825. The van der Waals surface area contributed by atoms with E-state index in [9.17, 15) is 8.42 Å². The molecule has 0 amide bonds. The minimum absolute atomic E-state index is 0.290. The van der Waals surface area contributed by atoms with E-state index in [1.165, 1.54) is 0 Å². The molecule has 0 saturated heterocycles. The van der Waals surface area contributed by atoms with E-state index in [-0.39, 0.29) is 0 Å². The third-order valence-corrected chi connectivity index (χ3v) is 4.64. The molecule has 0 aliphatic heterocycles. The number of sulfonamides is 1. The molecule has 0 aliphatic carbocycles. The van der Waals surface area contributed by atoms with Crippen LogP contribution < -0.4 is 10.0 Å². The molecule has 0 unspecified atom stereocenters. The summed E-state index contributed by atoms with van der Waals surface area (Å²) >= 11 is 0. The summed E-state index contributed by atoms with van der Waals surface area (Å²) in [6, 6.07) is 16.5. The van der Waals surface area contributed by atoms with Gasteiger partial charge in [-0.1, -0.05) is 55.5 Å². The molecule has 21 heavy (non-hydrogen) atoms. The van der Waals surface area contributed by atoms with Gasteiger partial charge in [-0.05, 0) is 23.7 Å². The average Bonchev–Trinajstić information content (AvgIpc) is 2.52. The molecule has 0 bridgehead atoms. The van der Waals surface area contributed by atoms with Gasteiger partial charge in [0.15, 0.2) is 0 Å². The Bertz CT molecular complexity index is 670. The number of hydrogen-bond acceptors (Lipinski definition) is 3. The molecule has 2 N–H and O–H groups in total. The first-order valence-electron chi connectivity index (χ1n) is 6.95. The Morgan fingerprint density at radius 1 is 0.905 bits per heavy atom. The molecule has 0 spiro atoms. The summed E-state index contributed by atoms with van der Waals surface area (Å²) in [5.74, 6) is 0. The summed E-state index contributed by atoms with van der Waals surface area (Å²) in [5, 5.41) is 3.16. The van der Waals surface area contributed by atoms with Gasteiger partial charge in [-0.25, -0.2) is 13.1 Å². The Balaban J connectivity index is 2.15. The first-order valence-corrected chi connectivity index (χ1v) is 8.44. The van der Waals surface area contributed by atoms with Crippen LogP contribution in [0.1, 0.15) is 18.1 Å². The van der Waals surface area contributed by atoms with E-state index in [1.54, 1.807) is 12.1 Å². The van der Waals surface area contributed by atoms with Crippen LogP contribution in [0.15, 0.2) is 59.5 Å². The lowest BCUT2D eigenvalue weighted by Gasteiger charge is -2.12. The van der Waals surface area contributed by atoms with Crippen molar-refractivity contribution in [3.63, 3.8) is 0 Å². The van der Waals surface area contributed by atoms with Gasteiger partial charge in [-0.2, -0.15) is 0 Å². The van der Waals surface area contributed by atoms with E-state index in [4.69, 9.17) is 0 Å². The second-order valence-electron chi connectivity index (χ2n) is 4.70. The second kappa shape index (κ2) is 7.36. The van der Waals surface area contributed by atoms with Crippen LogP contribution in [0.5, 0.6) is 0 Å². The lowest BCUT2D eigenvalue weighted by Crippen LogP contribution is -2.25. The molecule has 0 fully saturated rings. The molecule has 2 rings (SSSR count). The molecule has 0 aliphatic rings. The van der Waals surface area contributed by atoms with Gasteiger partial charge in [-0.3, -0.25) is 0 Å². The van der Waals surface area contributed by atoms with Gasteiger partial charge < -0.3 is 5.32 Å². The highest BCUT2D eigenvalue weighted by atomic mass is 32.2. The van der Waals surface area contributed by atoms with Crippen molar-refractivity contribution in [1.29, 1.82) is 0 Å². The topological polar surface area (TPSA) is 58.2 Å². The van der Waals surface area contributed by atoms with E-state index in [2.05, 4.69) is 10.0 Å². The summed E-state index contributed by atoms with van der Waals surface area (Å²) in [6.07, 6.45) is 0. The molecule has 0 radical (unpaired) electrons. The Kier molecular flexibility index (Phi) is 5.50. The SMILES string of the molecule is CCNCc1ccccc1S(=O)(=O)NCc1ccccc1. The van der Waals surface area contributed by atoms with Crippen molar-refractivity contribution in [2.24, 2.45) is 0 Å². The van der Waals surface area contributed by atoms with E-state index in [1.807, 2.05) is 49.4 Å². The molecule has 0 saturated carbocycles. The fourth-order valence-electron chi connectivity index (χ4n) is 2.02. The first-order chi connectivity index (χ1) is 10.1. The van der Waals surface area contributed by atoms with Gasteiger partial charge in [0, 0.05) is 13.1 Å². The van der Waals surface area contributed by atoms with E-state index in [0.29, 0.717) is 18.0 Å². The third-order valence-electron chi connectivity index (χ3n) is 3.14. The van der Waals surface area contributed by atoms with Crippen molar-refractivity contribution in [3.8, 4) is 0 Å². The second-order valence-corrected chi connectivity index (χ2v) is 6.43. The molecule has 0 heterocycles. The number of nitrogens with one attached hydrogen (secondary N) is 2. The standard InChI is InChI=1S/C16H20N2O2S/c1-2-17-13-15-10-6-7-11-16(15)21(19,20)18-12-14-8-4-3-5-9-14/h3-11,17-18H,2,12-13H2,1H3. The highest BCUT2D eigenvalue weighted by molar-refractivity contribution is 7.89. The first kappa shape index (κ1) is 15.7. The van der Waals surface area contributed by atoms with Crippen LogP contribution in [-0.2, 0) is 23.1 Å². The van der Waals surface area contributed by atoms with Crippen molar-refractivity contribution in [3.05, 3.63) is 65.7 Å². The lowest BCUT2D eigenvalue weighted by atomic mass is 10.2. The van der Waals surface area contributed by atoms with Gasteiger partial charge in [0.25, 0.3) is 0 Å². The van der Waals surface area contributed by atoms with Crippen LogP contribution in [-0.4, -0.2) is 15.0 Å². The molecular weight excluding hydrogens is 284 g/mol. The zero-order valence-corrected chi connectivity index (χ0v) is 12.9. The van der Waals surface area contributed by atoms with Gasteiger partial charge in [0.05, 0.1) is 4.90 Å². The van der Waals surface area contributed by atoms with Crippen LogP contribution in [0.2, 0.25) is 0 Å². The van der Waals surface area contributed by atoms with E-state index >= 15 is 0 Å². The Labute approximate surface area is 126 Å². The van der Waals surface area contributed by atoms with E-state index < -0.39 is 10.0 Å². The molecule has 5 heteroatoms. The van der Waals surface area contributed by atoms with Crippen LogP contribution in [0, 0.1) is 0 Å². The summed E-state index contributed by atoms with van der Waals surface area (Å²) in [5.41, 5.74) is 1.71. The zero-order valence-electron chi connectivity index (χ0n) is 12.0. The fraction of sp³-hybridized carbons (Fsp3) is 0.250. The summed E-state index contributed by atoms with van der Waals surface area (Å²) < 4.78 is 27.6. The van der Waals surface area contributed by atoms with Crippen molar-refractivity contribution < 1.29 is 8.42 Å². The van der Waals surface area contributed by atoms with Gasteiger partial charge in [0.2, 0.25) is 10.0 Å². The van der Waals surface area contributed by atoms with Crippen molar-refractivity contribution in [1.82, 2.24) is 10.0 Å². The molecule has 0 atom stereocenters. The summed E-state index contributed by atoms with van der Waals surface area (Å²) in [6.45, 7) is 3.62. The number of benzene rings is 2. The van der Waals surface area contributed by atoms with Crippen LogP contribution in [0.4, 0.5) is 0 Å². The summed E-state index contributed by atoms with van der Waals surface area (Å²) in [4.78, 5) is 0.335. The Morgan fingerprint density at radius 2 is 1.57 bits per heavy atom. The maximum absolute atomic E-state index is 12.5. The van der Waals surface area contributed by atoms with Crippen LogP contribution in [0.3, 0.4) is 0 Å². The molecule has 4 nitrogen and oxygen atoms in total. The maximum atomic E-state index is 12.5. The Hall–Kier alpha value is -1.69. The van der Waals surface area contributed by atoms with Gasteiger partial charge in [-0.15, -0.1) is 0 Å². The van der Waals surface area contributed by atoms with Crippen LogP contribution >= 0.6 is 0 Å². The predicted octanol–water partition coefficient (Wildman–Crippen LogP) is 2.27. The smallest absolute Gasteiger partial charge is 0.241 e. The highest BCUT2D eigenvalue weighted by Crippen LogP contribution is 2.15. The predicted molar refractivity (Wildman–Crippen MR) is 84.3 cm³/mol. The molecular formula is C16H20N2O2S. The fourth-order valence-corrected chi connectivity index (χ4v) is 3.28. The van der Waals surface area contributed by atoms with Gasteiger partial charge >= 0.3 is 0 Å². The minimum atomic E-state index is -3.51. The van der Waals surface area contributed by atoms with Crippen molar-refractivity contribution >= 4 is 10.0 Å². The van der Waals surface area contributed by atoms with Crippen molar-refractivity contribution in [2.75, 3.05) is 6.54 Å². The van der Waals surface area contributed by atoms with Crippen LogP contribution in [0.25, 0.3) is 0 Å². The normalized spacial score (nSPS) is 11.5. The molecule has 0 aromatic heterocycles. The average molecular weight is 304 g/mol. The third kappa shape index (κ3) is 4.39. The van der Waals surface area contributed by atoms with Crippen molar-refractivity contribution in [2.45, 2.75) is 24.9 Å². The monoisotopic (exact) mass is 304 g/mol. The maximum Gasteiger partial charge on any atom is 0.241 e. The highest BCUT2D eigenvalue weighted by Gasteiger charge is 2.17. The molecule has 2 aromatic rings. The Morgan fingerprint density at radius 3 is 2.29 bits per heavy atom. The zero-order chi connectivity index (χ0) is 15.1. The lowest BCUT2D eigenvalue weighted by molar-refractivity contribution is 0.578. The number of hydrogen-bond donors (Lipinski definition) is 2. The largest absolute Gasteiger partial charge is 0.313 e. The number of rotatable bonds is 7. The summed E-state index contributed by atoms with van der Waals surface area (Å²) in [7, 11) is -3.51.